The van der Waals surface area contributed by atoms with Crippen molar-refractivity contribution in [2.45, 2.75) is 75.7 Å². The number of rotatable bonds is 4. The van der Waals surface area contributed by atoms with E-state index in [0.717, 1.165) is 12.0 Å². The van der Waals surface area contributed by atoms with Crippen LogP contribution in [-0.4, -0.2) is 45.8 Å². The zero-order chi connectivity index (χ0) is 14.0. The maximum atomic E-state index is 10.3. The van der Waals surface area contributed by atoms with E-state index in [2.05, 4.69) is 6.58 Å². The van der Waals surface area contributed by atoms with Gasteiger partial charge in [0.15, 0.2) is 0 Å². The average molecular weight is 268 g/mol. The lowest BCUT2D eigenvalue weighted by molar-refractivity contribution is 0.0592. The smallest absolute Gasteiger partial charge is 0.118 e. The maximum absolute atomic E-state index is 10.3. The van der Waals surface area contributed by atoms with E-state index in [1.807, 2.05) is 20.8 Å². The van der Waals surface area contributed by atoms with Gasteiger partial charge >= 0.3 is 0 Å². The molecule has 2 heterocycles. The van der Waals surface area contributed by atoms with E-state index >= 15 is 0 Å². The topological polar surface area (TPSA) is 65.5 Å². The van der Waals surface area contributed by atoms with Gasteiger partial charge in [0.1, 0.15) is 5.60 Å². The van der Waals surface area contributed by atoms with E-state index in [1.54, 1.807) is 0 Å². The predicted octanol–water partition coefficient (Wildman–Crippen LogP) is 1.40. The van der Waals surface area contributed by atoms with Gasteiger partial charge < -0.3 is 19.7 Å². The molecule has 3 rings (SSSR count). The molecule has 0 aromatic heterocycles. The Labute approximate surface area is 114 Å². The van der Waals surface area contributed by atoms with Gasteiger partial charge in [-0.3, -0.25) is 0 Å². The quantitative estimate of drug-likeness (QED) is 0.597. The number of aliphatic hydroxyl groups is 2. The number of epoxide rings is 2. The number of hydrogen-bond donors (Lipinski definition) is 2. The van der Waals surface area contributed by atoms with Gasteiger partial charge in [-0.15, -0.1) is 0 Å². The molecule has 0 radical (unpaired) electrons. The molecule has 0 bridgehead atoms. The monoisotopic (exact) mass is 268 g/mol. The molecule has 1 aliphatic carbocycles. The molecule has 2 saturated heterocycles. The summed E-state index contributed by atoms with van der Waals surface area (Å²) in [7, 11) is 0. The van der Waals surface area contributed by atoms with Crippen LogP contribution in [0.15, 0.2) is 12.2 Å². The van der Waals surface area contributed by atoms with Gasteiger partial charge in [-0.05, 0) is 45.1 Å². The Morgan fingerprint density at radius 2 is 1.95 bits per heavy atom. The normalized spacial score (nSPS) is 48.3. The second kappa shape index (κ2) is 4.04. The number of hydrogen-bond acceptors (Lipinski definition) is 4. The van der Waals surface area contributed by atoms with Gasteiger partial charge in [0.05, 0.1) is 30.0 Å². The molecular weight excluding hydrogens is 244 g/mol. The van der Waals surface area contributed by atoms with Crippen molar-refractivity contribution in [3.8, 4) is 0 Å². The summed E-state index contributed by atoms with van der Waals surface area (Å²) in [6.07, 6.45) is 1.34. The van der Waals surface area contributed by atoms with E-state index in [4.69, 9.17) is 9.47 Å². The van der Waals surface area contributed by atoms with Crippen molar-refractivity contribution in [1.29, 1.82) is 0 Å². The Kier molecular flexibility index (Phi) is 2.88. The van der Waals surface area contributed by atoms with E-state index < -0.39 is 12.2 Å². The first-order valence-electron chi connectivity index (χ1n) is 7.14. The summed E-state index contributed by atoms with van der Waals surface area (Å²) in [6.45, 7) is 10.1. The van der Waals surface area contributed by atoms with Gasteiger partial charge in [-0.2, -0.15) is 0 Å². The molecule has 2 aliphatic heterocycles. The molecule has 6 atom stereocenters. The van der Waals surface area contributed by atoms with Gasteiger partial charge in [-0.25, -0.2) is 0 Å². The van der Waals surface area contributed by atoms with Crippen LogP contribution in [0.3, 0.4) is 0 Å². The standard InChI is InChI=1S/C15H24O4/c1-8(10(16)7-12-14(2,3)18-12)9-5-11(17)15(4)13(6-9)19-15/h9-13,16-17H,1,5-7H2,2-4H3/t9-,10?,11+,12?,13-,15+/m1/s1. The molecule has 0 spiro atoms. The van der Waals surface area contributed by atoms with Crippen LogP contribution >= 0.6 is 0 Å². The molecule has 2 N–H and O–H groups in total. The lowest BCUT2D eigenvalue weighted by atomic mass is 9.76. The Bertz CT molecular complexity index is 405. The molecule has 0 amide bonds. The molecule has 0 aromatic carbocycles. The molecule has 1 saturated carbocycles. The summed E-state index contributed by atoms with van der Waals surface area (Å²) in [5.74, 6) is 0.146. The zero-order valence-corrected chi connectivity index (χ0v) is 11.9. The van der Waals surface area contributed by atoms with Gasteiger partial charge in [0.25, 0.3) is 0 Å². The van der Waals surface area contributed by atoms with Crippen LogP contribution in [0.1, 0.15) is 40.0 Å². The maximum Gasteiger partial charge on any atom is 0.118 e. The first-order chi connectivity index (χ1) is 8.74. The molecule has 4 nitrogen and oxygen atoms in total. The predicted molar refractivity (Wildman–Crippen MR) is 70.7 cm³/mol. The minimum Gasteiger partial charge on any atom is -0.390 e. The van der Waals surface area contributed by atoms with Crippen LogP contribution in [0.5, 0.6) is 0 Å². The first-order valence-corrected chi connectivity index (χ1v) is 7.14. The first kappa shape index (κ1) is 13.6. The zero-order valence-electron chi connectivity index (χ0n) is 11.9. The Morgan fingerprint density at radius 1 is 1.32 bits per heavy atom. The fourth-order valence-electron chi connectivity index (χ4n) is 3.30. The molecule has 3 aliphatic rings. The van der Waals surface area contributed by atoms with Crippen molar-refractivity contribution in [3.63, 3.8) is 0 Å². The molecule has 108 valence electrons. The largest absolute Gasteiger partial charge is 0.390 e. The van der Waals surface area contributed by atoms with E-state index in [9.17, 15) is 10.2 Å². The molecule has 0 aromatic rings. The summed E-state index contributed by atoms with van der Waals surface area (Å²) in [5.41, 5.74) is 0.373. The highest BCUT2D eigenvalue weighted by Crippen LogP contribution is 2.51. The molecule has 4 heteroatoms. The fraction of sp³-hybridized carbons (Fsp3) is 0.867. The van der Waals surface area contributed by atoms with Crippen LogP contribution in [-0.2, 0) is 9.47 Å². The van der Waals surface area contributed by atoms with Crippen LogP contribution in [0.25, 0.3) is 0 Å². The van der Waals surface area contributed by atoms with Crippen molar-refractivity contribution in [3.05, 3.63) is 12.2 Å². The van der Waals surface area contributed by atoms with Crippen molar-refractivity contribution in [2.24, 2.45) is 5.92 Å². The van der Waals surface area contributed by atoms with Crippen molar-refractivity contribution in [2.75, 3.05) is 0 Å². The Balaban J connectivity index is 1.56. The van der Waals surface area contributed by atoms with Crippen LogP contribution in [0.2, 0.25) is 0 Å². The third-order valence-electron chi connectivity index (χ3n) is 5.20. The van der Waals surface area contributed by atoms with E-state index in [-0.39, 0.29) is 29.3 Å². The second-order valence-corrected chi connectivity index (χ2v) is 7.01. The fourth-order valence-corrected chi connectivity index (χ4v) is 3.30. The number of aliphatic hydroxyl groups excluding tert-OH is 2. The van der Waals surface area contributed by atoms with E-state index in [0.29, 0.717) is 12.8 Å². The minimum atomic E-state index is -0.549. The molecule has 3 fully saturated rings. The van der Waals surface area contributed by atoms with Crippen molar-refractivity contribution < 1.29 is 19.7 Å². The molecule has 19 heavy (non-hydrogen) atoms. The Hall–Kier alpha value is -0.420. The van der Waals surface area contributed by atoms with Crippen LogP contribution in [0, 0.1) is 5.92 Å². The van der Waals surface area contributed by atoms with Crippen molar-refractivity contribution in [1.82, 2.24) is 0 Å². The van der Waals surface area contributed by atoms with Crippen LogP contribution in [0.4, 0.5) is 0 Å². The van der Waals surface area contributed by atoms with Crippen LogP contribution < -0.4 is 0 Å². The number of fused-ring (bicyclic) bond motifs is 1. The summed E-state index contributed by atoms with van der Waals surface area (Å²) in [5, 5.41) is 20.3. The highest BCUT2D eigenvalue weighted by atomic mass is 16.6. The third-order valence-corrected chi connectivity index (χ3v) is 5.20. The van der Waals surface area contributed by atoms with Gasteiger partial charge in [-0.1, -0.05) is 6.58 Å². The highest BCUT2D eigenvalue weighted by molar-refractivity contribution is 5.18. The SMILES string of the molecule is C=C(C(O)CC1OC1(C)C)[C@@H]1C[C@H](O)[C@]2(C)O[C@@H]2C1. The van der Waals surface area contributed by atoms with Gasteiger partial charge in [0, 0.05) is 6.42 Å². The highest BCUT2D eigenvalue weighted by Gasteiger charge is 2.61. The second-order valence-electron chi connectivity index (χ2n) is 7.01. The van der Waals surface area contributed by atoms with Gasteiger partial charge in [0.2, 0.25) is 0 Å². The summed E-state index contributed by atoms with van der Waals surface area (Å²) < 4.78 is 11.1. The summed E-state index contributed by atoms with van der Waals surface area (Å²) in [4.78, 5) is 0. The summed E-state index contributed by atoms with van der Waals surface area (Å²) >= 11 is 0. The lowest BCUT2D eigenvalue weighted by Crippen LogP contribution is -2.38. The van der Waals surface area contributed by atoms with E-state index in [1.165, 1.54) is 0 Å². The lowest BCUT2D eigenvalue weighted by Gasteiger charge is -2.30. The van der Waals surface area contributed by atoms with Crippen molar-refractivity contribution >= 4 is 0 Å². The third kappa shape index (κ3) is 2.25. The number of ether oxygens (including phenoxy) is 2. The average Bonchev–Trinajstić information content (AvgIpc) is 3.15. The molecular formula is C15H24O4. The summed E-state index contributed by atoms with van der Waals surface area (Å²) in [6, 6.07) is 0. The minimum absolute atomic E-state index is 0.106. The molecule has 2 unspecified atom stereocenters. The Morgan fingerprint density at radius 3 is 2.47 bits per heavy atom.